The van der Waals surface area contributed by atoms with Gasteiger partial charge in [-0.1, -0.05) is 16.8 Å². The van der Waals surface area contributed by atoms with Gasteiger partial charge in [-0.2, -0.15) is 0 Å². The molecule has 3 aliphatic heterocycles. The number of benzene rings is 1. The topological polar surface area (TPSA) is 92.6 Å². The SMILES string of the molecule is Cl.Cn1nnc(COc2ccc(Cl)c3c2[C@@H](CN2CCCC2=O)N(C(=O)[C@@H]2CCCN2)CC3)c1C(F)F. The minimum Gasteiger partial charge on any atom is -0.487 e. The standard InChI is InChI=1S/C24H29ClF2N6O3.ClH/c1-31-22(23(26)27)17(29-30-31)13-36-19-7-6-15(25)14-8-11-33(24(35)16-4-2-9-28-16)18(21(14)19)12-32-10-3-5-20(32)34;/h6-7,16,18,23,28H,2-5,8-13H2,1H3;1H/t16-,18+;/m0./s1. The van der Waals surface area contributed by atoms with Gasteiger partial charge >= 0.3 is 0 Å². The van der Waals surface area contributed by atoms with Crippen LogP contribution < -0.4 is 10.1 Å². The Morgan fingerprint density at radius 2 is 2.08 bits per heavy atom. The average Bonchev–Trinajstić information content (AvgIpc) is 3.61. The van der Waals surface area contributed by atoms with E-state index in [0.717, 1.165) is 41.6 Å². The van der Waals surface area contributed by atoms with Crippen molar-refractivity contribution in [2.24, 2.45) is 7.05 Å². The van der Waals surface area contributed by atoms with E-state index in [1.54, 1.807) is 17.0 Å². The van der Waals surface area contributed by atoms with Crippen molar-refractivity contribution in [3.05, 3.63) is 39.7 Å². The molecule has 0 unspecified atom stereocenters. The van der Waals surface area contributed by atoms with Crippen LogP contribution in [-0.2, 0) is 29.7 Å². The molecule has 0 radical (unpaired) electrons. The van der Waals surface area contributed by atoms with Crippen LogP contribution in [0.25, 0.3) is 0 Å². The van der Waals surface area contributed by atoms with Crippen LogP contribution in [-0.4, -0.2) is 68.8 Å². The van der Waals surface area contributed by atoms with Crippen molar-refractivity contribution in [1.82, 2.24) is 30.1 Å². The van der Waals surface area contributed by atoms with Crippen LogP contribution in [0.3, 0.4) is 0 Å². The summed E-state index contributed by atoms with van der Waals surface area (Å²) in [5.74, 6) is 0.488. The molecular formula is C24H30Cl2F2N6O3. The van der Waals surface area contributed by atoms with E-state index in [-0.39, 0.29) is 48.3 Å². The zero-order chi connectivity index (χ0) is 25.4. The maximum absolute atomic E-state index is 13.6. The van der Waals surface area contributed by atoms with Crippen molar-refractivity contribution in [1.29, 1.82) is 0 Å². The Kier molecular flexibility index (Phi) is 8.55. The molecule has 0 aliphatic carbocycles. The van der Waals surface area contributed by atoms with Gasteiger partial charge in [0.1, 0.15) is 23.7 Å². The molecule has 0 bridgehead atoms. The Morgan fingerprint density at radius 1 is 1.27 bits per heavy atom. The van der Waals surface area contributed by atoms with Crippen LogP contribution in [0.2, 0.25) is 5.02 Å². The van der Waals surface area contributed by atoms with E-state index in [1.165, 1.54) is 7.05 Å². The molecule has 1 N–H and O–H groups in total. The number of aromatic nitrogens is 3. The Bertz CT molecular complexity index is 1160. The summed E-state index contributed by atoms with van der Waals surface area (Å²) in [7, 11) is 1.41. The van der Waals surface area contributed by atoms with Crippen LogP contribution in [0.15, 0.2) is 12.1 Å². The molecule has 0 spiro atoms. The number of hydrogen-bond donors (Lipinski definition) is 1. The first-order chi connectivity index (χ1) is 17.3. The molecular weight excluding hydrogens is 529 g/mol. The number of likely N-dealkylation sites (tertiary alicyclic amines) is 1. The molecule has 13 heteroatoms. The summed E-state index contributed by atoms with van der Waals surface area (Å²) >= 11 is 6.59. The summed E-state index contributed by atoms with van der Waals surface area (Å²) in [5, 5.41) is 11.4. The number of nitrogens with one attached hydrogen (secondary N) is 1. The lowest BCUT2D eigenvalue weighted by atomic mass is 9.90. The van der Waals surface area contributed by atoms with E-state index in [4.69, 9.17) is 16.3 Å². The summed E-state index contributed by atoms with van der Waals surface area (Å²) in [6, 6.07) is 2.69. The van der Waals surface area contributed by atoms with Crippen molar-refractivity contribution >= 4 is 35.8 Å². The first-order valence-electron chi connectivity index (χ1n) is 12.3. The number of carbonyl (C=O) groups is 2. The van der Waals surface area contributed by atoms with Gasteiger partial charge < -0.3 is 19.9 Å². The maximum atomic E-state index is 13.6. The Hall–Kier alpha value is -2.50. The summed E-state index contributed by atoms with van der Waals surface area (Å²) in [4.78, 5) is 29.7. The molecule has 5 rings (SSSR count). The third kappa shape index (κ3) is 5.39. The molecule has 9 nitrogen and oxygen atoms in total. The van der Waals surface area contributed by atoms with Crippen LogP contribution in [0.1, 0.15) is 60.7 Å². The number of amides is 2. The van der Waals surface area contributed by atoms with Gasteiger partial charge in [0.15, 0.2) is 0 Å². The number of ether oxygens (including phenoxy) is 1. The minimum atomic E-state index is -2.75. The van der Waals surface area contributed by atoms with Gasteiger partial charge in [-0.05, 0) is 49.9 Å². The van der Waals surface area contributed by atoms with E-state index in [1.807, 2.05) is 4.90 Å². The Balaban J connectivity index is 0.00000320. The van der Waals surface area contributed by atoms with E-state index < -0.39 is 12.5 Å². The highest BCUT2D eigenvalue weighted by atomic mass is 35.5. The lowest BCUT2D eigenvalue weighted by Crippen LogP contribution is -2.51. The predicted molar refractivity (Wildman–Crippen MR) is 134 cm³/mol. The molecule has 2 saturated heterocycles. The van der Waals surface area contributed by atoms with Gasteiger partial charge in [0.25, 0.3) is 6.43 Å². The molecule has 2 aromatic rings. The van der Waals surface area contributed by atoms with Crippen molar-refractivity contribution in [3.8, 4) is 5.75 Å². The summed E-state index contributed by atoms with van der Waals surface area (Å²) < 4.78 is 34.2. The average molecular weight is 559 g/mol. The van der Waals surface area contributed by atoms with E-state index in [2.05, 4.69) is 15.6 Å². The van der Waals surface area contributed by atoms with Gasteiger partial charge in [0, 0.05) is 43.7 Å². The minimum absolute atomic E-state index is 0. The van der Waals surface area contributed by atoms with Gasteiger partial charge in [0.2, 0.25) is 11.8 Å². The normalized spacial score (nSPS) is 21.4. The fourth-order valence-electron chi connectivity index (χ4n) is 5.48. The molecule has 2 atom stereocenters. The van der Waals surface area contributed by atoms with Crippen molar-refractivity contribution in [2.75, 3.05) is 26.2 Å². The van der Waals surface area contributed by atoms with Gasteiger partial charge in [-0.25, -0.2) is 13.5 Å². The first kappa shape index (κ1) is 27.5. The number of hydrogen-bond acceptors (Lipinski definition) is 6. The second kappa shape index (κ2) is 11.5. The molecule has 2 fully saturated rings. The number of nitrogens with zero attached hydrogens (tertiary/aromatic N) is 5. The smallest absolute Gasteiger partial charge is 0.282 e. The van der Waals surface area contributed by atoms with Gasteiger partial charge in [-0.3, -0.25) is 9.59 Å². The Morgan fingerprint density at radius 3 is 2.76 bits per heavy atom. The molecule has 0 saturated carbocycles. The van der Waals surface area contributed by atoms with Crippen LogP contribution >= 0.6 is 24.0 Å². The number of rotatable bonds is 7. The quantitative estimate of drug-likeness (QED) is 0.561. The summed E-state index contributed by atoms with van der Waals surface area (Å²) in [6.07, 6.45) is 0.740. The molecule has 2 amide bonds. The molecule has 202 valence electrons. The highest BCUT2D eigenvalue weighted by molar-refractivity contribution is 6.31. The molecule has 4 heterocycles. The highest BCUT2D eigenvalue weighted by Gasteiger charge is 2.40. The number of carbonyl (C=O) groups excluding carboxylic acids is 2. The molecule has 1 aromatic carbocycles. The Labute approximate surface area is 224 Å². The van der Waals surface area contributed by atoms with Crippen molar-refractivity contribution in [3.63, 3.8) is 0 Å². The highest BCUT2D eigenvalue weighted by Crippen LogP contribution is 2.42. The molecule has 1 aromatic heterocycles. The van der Waals surface area contributed by atoms with Gasteiger partial charge in [0.05, 0.1) is 12.1 Å². The van der Waals surface area contributed by atoms with E-state index in [0.29, 0.717) is 43.2 Å². The second-order valence-electron chi connectivity index (χ2n) is 9.46. The van der Waals surface area contributed by atoms with Crippen molar-refractivity contribution < 1.29 is 23.1 Å². The number of fused-ring (bicyclic) bond motifs is 1. The fraction of sp³-hybridized carbons (Fsp3) is 0.583. The molecule has 3 aliphatic rings. The van der Waals surface area contributed by atoms with Crippen LogP contribution in [0.4, 0.5) is 8.78 Å². The van der Waals surface area contributed by atoms with Crippen LogP contribution in [0.5, 0.6) is 5.75 Å². The number of alkyl halides is 2. The summed E-state index contributed by atoms with van der Waals surface area (Å²) in [6.45, 7) is 2.01. The maximum Gasteiger partial charge on any atom is 0.282 e. The summed E-state index contributed by atoms with van der Waals surface area (Å²) in [5.41, 5.74) is 1.31. The predicted octanol–water partition coefficient (Wildman–Crippen LogP) is 3.21. The first-order valence-corrected chi connectivity index (χ1v) is 12.6. The van der Waals surface area contributed by atoms with Crippen LogP contribution in [0, 0.1) is 0 Å². The zero-order valence-corrected chi connectivity index (χ0v) is 22.0. The lowest BCUT2D eigenvalue weighted by molar-refractivity contribution is -0.138. The largest absolute Gasteiger partial charge is 0.487 e. The van der Waals surface area contributed by atoms with Gasteiger partial charge in [-0.15, -0.1) is 17.5 Å². The third-order valence-corrected chi connectivity index (χ3v) is 7.65. The van der Waals surface area contributed by atoms with E-state index >= 15 is 0 Å². The monoisotopic (exact) mass is 558 g/mol. The number of aryl methyl sites for hydroxylation is 1. The molecule has 37 heavy (non-hydrogen) atoms. The number of halogens is 4. The van der Waals surface area contributed by atoms with Crippen molar-refractivity contribution in [2.45, 2.75) is 57.2 Å². The zero-order valence-electron chi connectivity index (χ0n) is 20.5. The second-order valence-corrected chi connectivity index (χ2v) is 9.87. The van der Waals surface area contributed by atoms with E-state index in [9.17, 15) is 18.4 Å². The fourth-order valence-corrected chi connectivity index (χ4v) is 5.74. The third-order valence-electron chi connectivity index (χ3n) is 7.29. The lowest BCUT2D eigenvalue weighted by Gasteiger charge is -2.41.